The maximum Gasteiger partial charge on any atom is 0 e. The predicted molar refractivity (Wildman–Crippen MR) is 696 cm³/mol. The standard InChI is InChI=1S/6C18H15P.4C2H6.2CH5BO2.5CH4.2ClH.2Pd.S3.2S2.H2S/c6*1-4-10-16(11-5-1)19(17-12-6-2-7-13-17)18-14-8-3-9-15-18;4*1-2;2*1-2(3)4;;;;;;;;;;1-3-2;2*1-2;/h6*1-15H;4*1-2H3;2*3-4H,1H3;5*1H4;2*1H;;;;;;1H2/q;;;;;;;;;;;;;;;;;;;;+2;;;;/p-2. The van der Waals surface area contributed by atoms with Crippen molar-refractivity contribution in [2.24, 2.45) is 0 Å². The summed E-state index contributed by atoms with van der Waals surface area (Å²) in [6.45, 7) is 18.6. The third-order valence-electron chi connectivity index (χ3n) is 18.3. The molecule has 4 nitrogen and oxygen atoms in total. The Labute approximate surface area is 964 Å². The van der Waals surface area contributed by atoms with E-state index in [0.29, 0.717) is 0 Å². The topological polar surface area (TPSA) is 80.9 Å². The second kappa shape index (κ2) is 99.0. The van der Waals surface area contributed by atoms with Gasteiger partial charge in [-0.25, -0.2) is 0 Å². The average molecular weight is 2440 g/mol. The van der Waals surface area contributed by atoms with Crippen LogP contribution in [-0.2, 0) is 112 Å². The van der Waals surface area contributed by atoms with Gasteiger partial charge in [-0.15, -0.1) is 0 Å². The third kappa shape index (κ3) is 59.2. The Kier molecular flexibility index (Phi) is 99.5. The Balaban J connectivity index is -0.000000519. The minimum absolute atomic E-state index is 0. The molecule has 18 aromatic rings. The first kappa shape index (κ1) is 148. The van der Waals surface area contributed by atoms with Crippen molar-refractivity contribution in [3.05, 3.63) is 546 Å². The summed E-state index contributed by atoms with van der Waals surface area (Å²) in [6, 6.07) is 194. The Bertz CT molecular complexity index is 4450. The molecule has 147 heavy (non-hydrogen) atoms. The minimum atomic E-state index is -1.17. The molecule has 0 radical (unpaired) electrons. The van der Waals surface area contributed by atoms with Gasteiger partial charge in [0.2, 0.25) is 0 Å². The van der Waals surface area contributed by atoms with Crippen LogP contribution >= 0.6 is 80.1 Å². The van der Waals surface area contributed by atoms with E-state index in [1.165, 1.54) is 109 Å². The van der Waals surface area contributed by atoms with E-state index < -0.39 is 61.8 Å². The molecular weight excluding hydrogens is 2290 g/mol. The van der Waals surface area contributed by atoms with Crippen LogP contribution in [0, 0.1) is 0 Å². The van der Waals surface area contributed by atoms with Crippen LogP contribution < -0.4 is 95.5 Å². The summed E-state index contributed by atoms with van der Waals surface area (Å²) < 4.78 is 0. The van der Waals surface area contributed by atoms with Gasteiger partial charge in [0.05, 0.1) is 0 Å². The largest absolute Gasteiger partial charge is 0.0622 e. The quantitative estimate of drug-likeness (QED) is 0.0493. The summed E-state index contributed by atoms with van der Waals surface area (Å²) >= 11 is 22.8. The fourth-order valence-electron chi connectivity index (χ4n) is 13.1. The zero-order chi connectivity index (χ0) is 102. The van der Waals surface area contributed by atoms with Crippen molar-refractivity contribution in [2.75, 3.05) is 0 Å². The first-order chi connectivity index (χ1) is 69.0. The summed E-state index contributed by atoms with van der Waals surface area (Å²) in [4.78, 5) is 0. The van der Waals surface area contributed by atoms with Crippen molar-refractivity contribution < 1.29 is 56.5 Å². The molecular formula is C123H146B2Cl2O4P6Pd2S8. The molecule has 0 heterocycles. The summed E-state index contributed by atoms with van der Waals surface area (Å²) in [5.74, 6) is 0. The number of hydrogen-bond donors (Lipinski definition) is 4. The number of hydrogen-bond acceptors (Lipinski definition) is 10. The molecule has 4 N–H and O–H groups in total. The van der Waals surface area contributed by atoms with E-state index in [2.05, 4.69) is 613 Å². The molecule has 0 aromatic heterocycles. The molecule has 0 aliphatic rings. The Morgan fingerprint density at radius 2 is 0.211 bits per heavy atom. The normalized spacial score (nSPS) is 9.02. The third-order valence-corrected chi connectivity index (χ3v) is 32.9. The van der Waals surface area contributed by atoms with Gasteiger partial charge < -0.3 is 20.1 Å². The van der Waals surface area contributed by atoms with Crippen LogP contribution in [0.15, 0.2) is 546 Å². The molecule has 0 bridgehead atoms. The Hall–Kier alpha value is -7.70. The molecule has 24 heteroatoms. The molecule has 0 aliphatic carbocycles. The van der Waals surface area contributed by atoms with Gasteiger partial charge in [0.25, 0.3) is 0 Å². The molecule has 0 fully saturated rings. The maximum absolute atomic E-state index is 7.61. The molecule has 780 valence electrons. The number of benzene rings is 18. The van der Waals surface area contributed by atoms with Crippen LogP contribution in [-0.4, -0.2) is 34.3 Å². The van der Waals surface area contributed by atoms with Crippen molar-refractivity contribution in [1.29, 1.82) is 0 Å². The van der Waals surface area contributed by atoms with E-state index in [1.807, 2.05) is 55.4 Å². The molecule has 0 saturated heterocycles. The summed E-state index contributed by atoms with van der Waals surface area (Å²) in [5, 5.41) is 55.6. The molecule has 0 spiro atoms. The maximum atomic E-state index is 7.61. The van der Waals surface area contributed by atoms with Crippen LogP contribution in [0.25, 0.3) is 0 Å². The molecule has 0 saturated carbocycles. The average Bonchev–Trinajstić information content (AvgIpc) is 0.847. The van der Waals surface area contributed by atoms with E-state index in [9.17, 15) is 0 Å². The van der Waals surface area contributed by atoms with Gasteiger partial charge in [0.1, 0.15) is 0 Å². The zero-order valence-corrected chi connectivity index (χ0v) is 98.0. The summed E-state index contributed by atoms with van der Waals surface area (Å²) in [6.07, 6.45) is 0. The van der Waals surface area contributed by atoms with Gasteiger partial charge in [0.15, 0.2) is 0 Å². The second-order valence-corrected chi connectivity index (χ2v) is 44.9. The fraction of sp³-hybridized carbons (Fsp3) is 0.122. The minimum Gasteiger partial charge on any atom is -0.0622 e. The first-order valence-electron chi connectivity index (χ1n) is 45.5. The zero-order valence-electron chi connectivity index (χ0n) is 81.3. The van der Waals surface area contributed by atoms with Crippen LogP contribution in [0.2, 0.25) is 13.6 Å². The number of rotatable bonds is 18. The molecule has 0 unspecified atom stereocenters. The smallest absolute Gasteiger partial charge is 0 e. The van der Waals surface area contributed by atoms with E-state index in [4.69, 9.17) is 39.2 Å². The van der Waals surface area contributed by atoms with Gasteiger partial charge in [-0.1, -0.05) is 638 Å². The molecule has 18 aromatic carbocycles. The van der Waals surface area contributed by atoms with Crippen molar-refractivity contribution in [3.8, 4) is 0 Å². The summed E-state index contributed by atoms with van der Waals surface area (Å²) in [7, 11) is 5.54. The Morgan fingerprint density at radius 3 is 0.245 bits per heavy atom. The van der Waals surface area contributed by atoms with Gasteiger partial charge >= 0.3 is 49.2 Å². The SMILES string of the molecule is C.C.C.C.C.CB(O)O.CB(O)O.CC.CC.CC.CC.S.S=S.S=S.S=S=S.[Cl][Pd][Cl].[Pd].c1ccc(P(c2ccccc2)c2ccccc2)cc1.c1ccc(P(c2ccccc2)c2ccccc2)cc1.c1ccc(P(c2ccccc2)c2ccccc2)cc1.c1ccc(P(c2ccccc2)c2ccccc2)cc1.c1ccc(P(c2ccccc2)c2ccccc2)cc1.c1ccc(P(c2ccccc2)c2ccccc2)cc1. The van der Waals surface area contributed by atoms with Crippen LogP contribution in [0.5, 0.6) is 0 Å². The second-order valence-electron chi connectivity index (χ2n) is 27.4. The Morgan fingerprint density at radius 1 is 0.177 bits per heavy atom. The van der Waals surface area contributed by atoms with Crippen LogP contribution in [0.4, 0.5) is 0 Å². The monoisotopic (exact) mass is 2430 g/mol. The first-order valence-corrected chi connectivity index (χ1v) is 62.9. The van der Waals surface area contributed by atoms with E-state index >= 15 is 0 Å². The van der Waals surface area contributed by atoms with E-state index in [1.54, 1.807) is 0 Å². The van der Waals surface area contributed by atoms with Crippen LogP contribution in [0.1, 0.15) is 92.5 Å². The predicted octanol–water partition coefficient (Wildman–Crippen LogP) is 27.6. The van der Waals surface area contributed by atoms with E-state index in [0.717, 1.165) is 8.88 Å². The summed E-state index contributed by atoms with van der Waals surface area (Å²) in [5.41, 5.74) is 0. The van der Waals surface area contributed by atoms with Gasteiger partial charge in [-0.2, -0.15) is 13.5 Å². The van der Waals surface area contributed by atoms with Crippen molar-refractivity contribution >= 4 is 266 Å². The molecule has 0 amide bonds. The van der Waals surface area contributed by atoms with Gasteiger partial charge in [-0.05, 0) is 157 Å². The van der Waals surface area contributed by atoms with Crippen molar-refractivity contribution in [3.63, 3.8) is 0 Å². The molecule has 18 rings (SSSR count). The van der Waals surface area contributed by atoms with Gasteiger partial charge in [0, 0.05) is 96.4 Å². The van der Waals surface area contributed by atoms with Crippen LogP contribution in [0.3, 0.4) is 0 Å². The number of halogens is 2. The molecule has 0 aliphatic heterocycles. The van der Waals surface area contributed by atoms with Crippen molar-refractivity contribution in [2.45, 2.75) is 106 Å². The fourth-order valence-corrected chi connectivity index (χ4v) is 26.9. The molecule has 0 atom stereocenters. The van der Waals surface area contributed by atoms with E-state index in [-0.39, 0.29) is 87.0 Å². The van der Waals surface area contributed by atoms with Gasteiger partial charge in [-0.3, -0.25) is 0 Å². The van der Waals surface area contributed by atoms with Crippen molar-refractivity contribution in [1.82, 2.24) is 0 Å².